The number of anilines is 2. The molecule has 0 fully saturated rings. The lowest BCUT2D eigenvalue weighted by Crippen LogP contribution is -2.14. The first-order valence-corrected chi connectivity index (χ1v) is 6.27. The summed E-state index contributed by atoms with van der Waals surface area (Å²) in [7, 11) is 3.52. The molecule has 0 aromatic carbocycles. The molecule has 0 aliphatic rings. The smallest absolute Gasteiger partial charge is 0.158 e. The predicted molar refractivity (Wildman–Crippen MR) is 76.0 cm³/mol. The average Bonchev–Trinajstić information content (AvgIpc) is 2.84. The van der Waals surface area contributed by atoms with Gasteiger partial charge in [0.15, 0.2) is 5.82 Å². The largest absolute Gasteiger partial charge is 0.377 e. The molecule has 20 heavy (non-hydrogen) atoms. The minimum Gasteiger partial charge on any atom is -0.377 e. The molecule has 0 aliphatic carbocycles. The van der Waals surface area contributed by atoms with Crippen molar-refractivity contribution in [1.82, 2.24) is 19.7 Å². The van der Waals surface area contributed by atoms with Crippen LogP contribution in [0.1, 0.15) is 11.5 Å². The highest BCUT2D eigenvalue weighted by atomic mass is 16.5. The van der Waals surface area contributed by atoms with Gasteiger partial charge in [0.25, 0.3) is 0 Å². The van der Waals surface area contributed by atoms with Crippen LogP contribution in [0.5, 0.6) is 0 Å². The molecule has 0 amide bonds. The van der Waals surface area contributed by atoms with Gasteiger partial charge in [0.05, 0.1) is 0 Å². The molecule has 108 valence electrons. The number of methoxy groups -OCH3 is 1. The lowest BCUT2D eigenvalue weighted by Gasteiger charge is -2.09. The van der Waals surface area contributed by atoms with Crippen LogP contribution in [0, 0.1) is 0 Å². The zero-order valence-electron chi connectivity index (χ0n) is 11.6. The van der Waals surface area contributed by atoms with Gasteiger partial charge < -0.3 is 15.5 Å². The maximum absolute atomic E-state index is 5.39. The summed E-state index contributed by atoms with van der Waals surface area (Å²) in [4.78, 5) is 8.53. The molecule has 0 atom stereocenters. The van der Waals surface area contributed by atoms with Gasteiger partial charge in [-0.25, -0.2) is 15.8 Å². The molecular weight excluding hydrogens is 258 g/mol. The number of nitrogens with one attached hydrogen (secondary N) is 2. The Labute approximate surface area is 117 Å². The number of hydrogen-bond donors (Lipinski definition) is 3. The standard InChI is InChI=1S/C12H19N7O/c1-19-9(4-6-15-19)3-5-14-10-7-11(18-13)17-12(16-10)8-20-2/h4,6-7H,3,5,8,13H2,1-2H3,(H2,14,16,17,18). The van der Waals surface area contributed by atoms with E-state index in [9.17, 15) is 0 Å². The van der Waals surface area contributed by atoms with Crippen molar-refractivity contribution in [2.24, 2.45) is 12.9 Å². The third-order valence-electron chi connectivity index (χ3n) is 2.80. The van der Waals surface area contributed by atoms with E-state index in [-0.39, 0.29) is 0 Å². The Kier molecular flexibility index (Phi) is 4.85. The molecule has 0 bridgehead atoms. The molecule has 0 saturated heterocycles. The van der Waals surface area contributed by atoms with Crippen LogP contribution < -0.4 is 16.6 Å². The van der Waals surface area contributed by atoms with E-state index in [1.165, 1.54) is 0 Å². The van der Waals surface area contributed by atoms with E-state index in [0.29, 0.717) is 24.1 Å². The van der Waals surface area contributed by atoms with Crippen molar-refractivity contribution in [3.8, 4) is 0 Å². The van der Waals surface area contributed by atoms with Gasteiger partial charge in [0, 0.05) is 45.1 Å². The number of nitrogen functional groups attached to an aromatic ring is 1. The van der Waals surface area contributed by atoms with Gasteiger partial charge in [-0.15, -0.1) is 0 Å². The number of aromatic nitrogens is 4. The first kappa shape index (κ1) is 14.2. The van der Waals surface area contributed by atoms with Crippen molar-refractivity contribution in [2.45, 2.75) is 13.0 Å². The molecule has 4 N–H and O–H groups in total. The van der Waals surface area contributed by atoms with Crippen LogP contribution in [0.25, 0.3) is 0 Å². The van der Waals surface area contributed by atoms with E-state index < -0.39 is 0 Å². The number of hydrogen-bond acceptors (Lipinski definition) is 7. The maximum atomic E-state index is 5.39. The lowest BCUT2D eigenvalue weighted by atomic mass is 10.3. The van der Waals surface area contributed by atoms with Crippen LogP contribution >= 0.6 is 0 Å². The Bertz CT molecular complexity index is 554. The van der Waals surface area contributed by atoms with Crippen LogP contribution in [0.3, 0.4) is 0 Å². The fourth-order valence-electron chi connectivity index (χ4n) is 1.82. The van der Waals surface area contributed by atoms with Crippen molar-refractivity contribution < 1.29 is 4.74 Å². The fourth-order valence-corrected chi connectivity index (χ4v) is 1.82. The summed E-state index contributed by atoms with van der Waals surface area (Å²) in [6, 6.07) is 3.74. The lowest BCUT2D eigenvalue weighted by molar-refractivity contribution is 0.178. The third kappa shape index (κ3) is 3.65. The second-order valence-electron chi connectivity index (χ2n) is 4.25. The second-order valence-corrected chi connectivity index (χ2v) is 4.25. The predicted octanol–water partition coefficient (Wildman–Crippen LogP) is 0.297. The van der Waals surface area contributed by atoms with Crippen LogP contribution in [0.2, 0.25) is 0 Å². The Morgan fingerprint density at radius 3 is 2.80 bits per heavy atom. The molecule has 0 saturated carbocycles. The summed E-state index contributed by atoms with van der Waals surface area (Å²) in [6.45, 7) is 1.08. The van der Waals surface area contributed by atoms with E-state index >= 15 is 0 Å². The molecule has 2 aromatic rings. The topological polar surface area (TPSA) is 103 Å². The van der Waals surface area contributed by atoms with Gasteiger partial charge in [0.2, 0.25) is 0 Å². The van der Waals surface area contributed by atoms with Crippen molar-refractivity contribution in [3.05, 3.63) is 29.8 Å². The van der Waals surface area contributed by atoms with Crippen molar-refractivity contribution in [3.63, 3.8) is 0 Å². The molecule has 2 rings (SSSR count). The zero-order chi connectivity index (χ0) is 14.4. The highest BCUT2D eigenvalue weighted by Gasteiger charge is 2.04. The normalized spacial score (nSPS) is 10.6. The van der Waals surface area contributed by atoms with Gasteiger partial charge in [0.1, 0.15) is 18.2 Å². The molecular formula is C12H19N7O. The van der Waals surface area contributed by atoms with Gasteiger partial charge in [-0.05, 0) is 6.07 Å². The van der Waals surface area contributed by atoms with E-state index in [1.54, 1.807) is 19.4 Å². The summed E-state index contributed by atoms with van der Waals surface area (Å²) in [5.41, 5.74) is 3.67. The van der Waals surface area contributed by atoms with Gasteiger partial charge in [-0.1, -0.05) is 0 Å². The summed E-state index contributed by atoms with van der Waals surface area (Å²) < 4.78 is 6.88. The molecule has 0 spiro atoms. The molecule has 2 aromatic heterocycles. The van der Waals surface area contributed by atoms with E-state index in [0.717, 1.165) is 18.7 Å². The minimum absolute atomic E-state index is 0.339. The number of nitrogens with two attached hydrogens (primary N) is 1. The molecule has 8 heteroatoms. The van der Waals surface area contributed by atoms with Crippen molar-refractivity contribution in [2.75, 3.05) is 24.4 Å². The van der Waals surface area contributed by atoms with Gasteiger partial charge in [-0.2, -0.15) is 5.10 Å². The molecule has 0 unspecified atom stereocenters. The third-order valence-corrected chi connectivity index (χ3v) is 2.80. The summed E-state index contributed by atoms with van der Waals surface area (Å²) >= 11 is 0. The Morgan fingerprint density at radius 1 is 1.35 bits per heavy atom. The number of rotatable bonds is 7. The van der Waals surface area contributed by atoms with Crippen LogP contribution in [-0.2, 0) is 24.8 Å². The van der Waals surface area contributed by atoms with E-state index in [4.69, 9.17) is 10.6 Å². The number of nitrogens with zero attached hydrogens (tertiary/aromatic N) is 4. The fraction of sp³-hybridized carbons (Fsp3) is 0.417. The minimum atomic E-state index is 0.339. The van der Waals surface area contributed by atoms with Gasteiger partial charge >= 0.3 is 0 Å². The molecule has 0 radical (unpaired) electrons. The van der Waals surface area contributed by atoms with Crippen molar-refractivity contribution in [1.29, 1.82) is 0 Å². The Hall–Kier alpha value is -2.19. The first-order chi connectivity index (χ1) is 9.72. The molecule has 0 aliphatic heterocycles. The van der Waals surface area contributed by atoms with Crippen LogP contribution in [-0.4, -0.2) is 33.4 Å². The number of ether oxygens (including phenoxy) is 1. The SMILES string of the molecule is COCc1nc(NN)cc(NCCc2ccnn2C)n1. The summed E-state index contributed by atoms with van der Waals surface area (Å²) in [5.74, 6) is 7.23. The highest BCUT2D eigenvalue weighted by molar-refractivity contribution is 5.46. The maximum Gasteiger partial charge on any atom is 0.158 e. The number of aryl methyl sites for hydroxylation is 1. The van der Waals surface area contributed by atoms with Crippen LogP contribution in [0.15, 0.2) is 18.3 Å². The van der Waals surface area contributed by atoms with Gasteiger partial charge in [-0.3, -0.25) is 4.68 Å². The average molecular weight is 277 g/mol. The van der Waals surface area contributed by atoms with Crippen LogP contribution in [0.4, 0.5) is 11.6 Å². The summed E-state index contributed by atoms with van der Waals surface area (Å²) in [6.07, 6.45) is 2.64. The first-order valence-electron chi connectivity index (χ1n) is 6.27. The molecule has 2 heterocycles. The quantitative estimate of drug-likeness (QED) is 0.494. The van der Waals surface area contributed by atoms with E-state index in [1.807, 2.05) is 17.8 Å². The highest BCUT2D eigenvalue weighted by Crippen LogP contribution is 2.11. The number of hydrazine groups is 1. The molecule has 8 nitrogen and oxygen atoms in total. The summed E-state index contributed by atoms with van der Waals surface area (Å²) in [5, 5.41) is 7.37. The van der Waals surface area contributed by atoms with Crippen molar-refractivity contribution >= 4 is 11.6 Å². The second kappa shape index (κ2) is 6.83. The zero-order valence-corrected chi connectivity index (χ0v) is 11.6. The Morgan fingerprint density at radius 2 is 2.15 bits per heavy atom. The Balaban J connectivity index is 1.97. The monoisotopic (exact) mass is 277 g/mol. The van der Waals surface area contributed by atoms with E-state index in [2.05, 4.69) is 25.8 Å².